The van der Waals surface area contributed by atoms with Crippen LogP contribution in [-0.4, -0.2) is 108 Å². The van der Waals surface area contributed by atoms with Gasteiger partial charge in [-0.15, -0.1) is 0 Å². The second-order valence-corrected chi connectivity index (χ2v) is 24.5. The van der Waals surface area contributed by atoms with E-state index in [1.807, 2.05) is 0 Å². The minimum absolute atomic E-state index is 0.0774. The Morgan fingerprint density at radius 1 is 0.526 bits per heavy atom. The number of Topliss-reactive ketones (excluding diaryl/α,β-unsaturated/α-hetero) is 2. The normalized spacial score (nSPS) is 40.5. The van der Waals surface area contributed by atoms with Crippen LogP contribution in [0, 0.1) is 94.9 Å². The van der Waals surface area contributed by atoms with Gasteiger partial charge in [0.25, 0.3) is 10.0 Å². The van der Waals surface area contributed by atoms with Crippen molar-refractivity contribution in [2.24, 2.45) is 53.1 Å². The molecule has 10 aromatic rings. The number of halogens is 6. The van der Waals surface area contributed by atoms with E-state index in [-0.39, 0.29) is 66.5 Å². The van der Waals surface area contributed by atoms with Gasteiger partial charge in [-0.3, -0.25) is 14.4 Å². The van der Waals surface area contributed by atoms with Crippen LogP contribution in [0.3, 0.4) is 0 Å². The molecule has 21 nitrogen and oxygen atoms in total. The Balaban J connectivity index is 0.000000150. The highest BCUT2D eigenvalue weighted by atomic mass is 32.2. The van der Waals surface area contributed by atoms with E-state index in [1.54, 1.807) is 19.1 Å². The predicted octanol–water partition coefficient (Wildman–Crippen LogP) is 12.8. The number of nitrogens with zero attached hydrogens (tertiary/aromatic N) is 10. The van der Waals surface area contributed by atoms with Crippen LogP contribution in [0.5, 0.6) is 0 Å². The Hall–Kier alpha value is -9.73. The van der Waals surface area contributed by atoms with Gasteiger partial charge in [0, 0.05) is 114 Å². The summed E-state index contributed by atoms with van der Waals surface area (Å²) in [6, 6.07) is 3.44. The van der Waals surface area contributed by atoms with Gasteiger partial charge >= 0.3 is 5.97 Å². The molecular weight excluding hydrogens is 1280 g/mol. The van der Waals surface area contributed by atoms with Crippen LogP contribution in [0.4, 0.5) is 43.8 Å². The third-order valence-corrected chi connectivity index (χ3v) is 18.2. The third kappa shape index (κ3) is 12.4. The van der Waals surface area contributed by atoms with Gasteiger partial charge in [-0.1, -0.05) is 17.7 Å². The zero-order valence-corrected chi connectivity index (χ0v) is 51.1. The first-order valence-corrected chi connectivity index (χ1v) is 30.8. The summed E-state index contributed by atoms with van der Waals surface area (Å²) in [7, 11) is -4.31. The van der Waals surface area contributed by atoms with E-state index in [0.717, 1.165) is 72.6 Å². The molecule has 0 spiro atoms. The molecule has 6 bridgehead atoms. The fourth-order valence-corrected chi connectivity index (χ4v) is 13.2. The lowest BCUT2D eigenvalue weighted by Gasteiger charge is -2.48. The van der Waals surface area contributed by atoms with Crippen molar-refractivity contribution in [3.63, 3.8) is 0 Å². The number of rotatable bonds is 14. The highest BCUT2D eigenvalue weighted by molar-refractivity contribution is 7.90. The van der Waals surface area contributed by atoms with Gasteiger partial charge < -0.3 is 31.0 Å². The summed E-state index contributed by atoms with van der Waals surface area (Å²) in [4.78, 5) is 79.2. The lowest BCUT2D eigenvalue weighted by atomic mass is 9.60. The lowest BCUT2D eigenvalue weighted by molar-refractivity contribution is -0.148. The highest BCUT2D eigenvalue weighted by Gasteiger charge is 2.49. The van der Waals surface area contributed by atoms with Crippen LogP contribution in [-0.2, 0) is 24.4 Å². The van der Waals surface area contributed by atoms with E-state index >= 15 is 4.39 Å². The first-order valence-electron chi connectivity index (χ1n) is 41.8. The number of hydrogen-bond acceptors (Lipinski definition) is 17. The molecule has 9 fully saturated rings. The number of carboxylic acids is 1. The number of ketones is 2. The zero-order chi connectivity index (χ0) is 89.2. The molecule has 502 valence electrons. The van der Waals surface area contributed by atoms with E-state index in [9.17, 15) is 49.9 Å². The SMILES string of the molecule is [2H]C1C([2H])C2([2H])[C@H](C(=O)O)[C@@H](Nc3nc(-c4c[nH]c5ncc(F)cc45)ncc3F)C1([2H])C([2H])([2H])C2([2H])[2H].[2H]C1C([2H])C2([2H])[C@H](C(C)=O)[C@@H](Nc3nc(-c4c[nH]c5ncc(F)cc45)ncc3F)C1([2H])C([2H])([2H])C2([2H])[2H].[2H]C1C([2H])C2([2H])[C@H](C(C)=O)[C@@H](Nc3nc(-c4cn(S(=O)(=O)c5ccc(C)cc5)c5ncc(F)cc45)ncc3F)C1([2H])C([2H])([2H])C2([2H])[2H]. The maximum Gasteiger partial charge on any atom is 0.308 e. The Bertz CT molecular complexity index is 5870. The molecule has 97 heavy (non-hydrogen) atoms. The van der Waals surface area contributed by atoms with Crippen LogP contribution in [0.25, 0.3) is 67.3 Å². The summed E-state index contributed by atoms with van der Waals surface area (Å²) in [5.41, 5.74) is 1.48. The topological polar surface area (TPSA) is 294 Å². The van der Waals surface area contributed by atoms with Crippen LogP contribution in [0.1, 0.15) is 129 Å². The number of aryl methyl sites for hydroxylation is 1. The molecule has 6 N–H and O–H groups in total. The Morgan fingerprint density at radius 3 is 1.32 bits per heavy atom. The predicted molar refractivity (Wildman–Crippen MR) is 347 cm³/mol. The molecule has 19 rings (SSSR count). The Kier molecular flexibility index (Phi) is 11.3. The van der Waals surface area contributed by atoms with Crippen LogP contribution in [0.15, 0.2) is 103 Å². The number of fused-ring (bicyclic) bond motifs is 12. The van der Waals surface area contributed by atoms with Crippen LogP contribution < -0.4 is 16.0 Å². The summed E-state index contributed by atoms with van der Waals surface area (Å²) in [6.45, 7) is 3.76. The van der Waals surface area contributed by atoms with Crippen molar-refractivity contribution in [1.29, 1.82) is 0 Å². The number of pyridine rings is 3. The largest absolute Gasteiger partial charge is 0.481 e. The first-order chi connectivity index (χ1) is 55.9. The third-order valence-electron chi connectivity index (χ3n) is 16.5. The summed E-state index contributed by atoms with van der Waals surface area (Å²) < 4.78 is 320. The number of benzene rings is 1. The second kappa shape index (κ2) is 26.0. The van der Waals surface area contributed by atoms with Crippen molar-refractivity contribution < 1.29 is 87.1 Å². The number of aromatic amines is 2. The molecule has 1 aromatic carbocycles. The van der Waals surface area contributed by atoms with Crippen molar-refractivity contribution >= 4 is 78.1 Å². The van der Waals surface area contributed by atoms with Gasteiger partial charge in [-0.25, -0.2) is 83.6 Å². The van der Waals surface area contributed by atoms with Gasteiger partial charge in [0.15, 0.2) is 58.0 Å². The molecule has 18 atom stereocenters. The molecule has 0 amide bonds. The van der Waals surface area contributed by atoms with Crippen molar-refractivity contribution in [3.8, 4) is 34.2 Å². The fraction of sp³-hybridized carbons (Fsp3) is 0.391. The summed E-state index contributed by atoms with van der Waals surface area (Å²) >= 11 is 0. The number of anilines is 3. The molecular formula is C69H67F6N15O6S. The molecule has 9 aromatic heterocycles. The number of nitrogens with one attached hydrogen (secondary N) is 5. The maximum atomic E-state index is 15.4. The van der Waals surface area contributed by atoms with E-state index in [2.05, 4.69) is 70.8 Å². The van der Waals surface area contributed by atoms with Crippen LogP contribution in [0.2, 0.25) is 0 Å². The Morgan fingerprint density at radius 2 is 0.897 bits per heavy atom. The Labute approximate surface area is 585 Å². The van der Waals surface area contributed by atoms with Crippen molar-refractivity contribution in [2.75, 3.05) is 16.0 Å². The second-order valence-electron chi connectivity index (χ2n) is 22.7. The average molecular weight is 1370 g/mol. The average Bonchev–Trinajstić information content (AvgIpc) is 0.898. The number of carbonyl (C=O) groups excluding carboxylic acids is 2. The molecule has 9 aliphatic rings. The van der Waals surface area contributed by atoms with E-state index in [1.165, 1.54) is 24.5 Å². The quantitative estimate of drug-likeness (QED) is 0.0551. The van der Waals surface area contributed by atoms with Crippen molar-refractivity contribution in [2.45, 2.75) is 120 Å². The van der Waals surface area contributed by atoms with E-state index in [0.29, 0.717) is 18.0 Å². The molecule has 12 unspecified atom stereocenters. The monoisotopic (exact) mass is 1370 g/mol. The highest BCUT2D eigenvalue weighted by Crippen LogP contribution is 2.50. The number of aromatic nitrogens is 12. The molecule has 0 radical (unpaired) electrons. The lowest BCUT2D eigenvalue weighted by Crippen LogP contribution is -2.51. The molecule has 28 heteroatoms. The fourth-order valence-electron chi connectivity index (χ4n) is 11.9. The number of carbonyl (C=O) groups is 3. The smallest absolute Gasteiger partial charge is 0.308 e. The molecule has 9 aliphatic carbocycles. The summed E-state index contributed by atoms with van der Waals surface area (Å²) in [5, 5.41) is 17.8. The first kappa shape index (κ1) is 42.1. The van der Waals surface area contributed by atoms with Gasteiger partial charge in [-0.2, -0.15) is 0 Å². The maximum absolute atomic E-state index is 15.4. The standard InChI is InChI=1S/C28H27F2N5O3S.C21H21F2N5O.C20H19F2N5O2/c1-15-3-9-20(10-4-15)39(37,38)35-14-22(21-11-19(29)12-32-28(21)35)26-31-13-23(30)27(34-26)33-25-18-7-5-17(6-8-18)24(25)16(2)36;1-10(29)17-11-2-4-12(5-3-11)18(17)27-21-16(23)9-26-20(28-21)15-8-25-19-14(15)6-13(22)7-24-19;21-11-5-12-13(7-24-17(12)23-6-11)18-25-8-14(22)19(27-18)26-16-10-3-1-9(2-4-10)15(16)20(28)29/h3-4,9-14,17-18,24-25H,5-8H2,1-2H3,(H,31,33,34);6-9,11-12,17-18H,2-5H2,1H3,(H,24,25)(H,26,27,28);5-10,15-16H,1-4H2,(H,23,24)(H,28,29)(H,25,26,27)/t17?,18?,24-,25-;11?,12?,17-,18-;9?,10?,15-,16-/m000/s1/i5D,6D2,7D,8D2,17D,18D;2D,3D2,4D,5D2,11D,12D;1D,2D2,3D,4D2,9D,10D/t5?,7?,17?,18?,24-,25-;2?,4?,11?,12?,17-,18-;1?,3?,9?,10?,15-,16-. The number of H-pyrrole nitrogens is 2. The molecule has 9 saturated carbocycles. The van der Waals surface area contributed by atoms with Gasteiger partial charge in [0.05, 0.1) is 48.0 Å². The minimum atomic E-state index is -4.31. The van der Waals surface area contributed by atoms with Crippen molar-refractivity contribution in [1.82, 2.24) is 58.8 Å². The number of aliphatic carboxylic acids is 1. The van der Waals surface area contributed by atoms with Gasteiger partial charge in [-0.05, 0) is 163 Å². The van der Waals surface area contributed by atoms with Crippen LogP contribution >= 0.6 is 0 Å². The van der Waals surface area contributed by atoms with E-state index in [4.69, 9.17) is 32.9 Å². The van der Waals surface area contributed by atoms with Crippen molar-refractivity contribution in [3.05, 3.63) is 139 Å². The molecule has 0 saturated heterocycles. The van der Waals surface area contributed by atoms with Gasteiger partial charge in [0.2, 0.25) is 0 Å². The number of carboxylic acid groups (broad SMARTS) is 1. The number of hydrogen-bond donors (Lipinski definition) is 6. The molecule has 0 aliphatic heterocycles. The zero-order valence-electron chi connectivity index (χ0n) is 74.3. The molecule has 9 heterocycles. The van der Waals surface area contributed by atoms with E-state index < -0.39 is 228 Å². The van der Waals surface area contributed by atoms with Gasteiger partial charge in [0.1, 0.15) is 40.3 Å². The summed E-state index contributed by atoms with van der Waals surface area (Å²) in [6.07, 6.45) is -22.8. The summed E-state index contributed by atoms with van der Waals surface area (Å²) in [5.74, 6) is -34.9. The minimum Gasteiger partial charge on any atom is -0.481 e.